The maximum atomic E-state index is 13.4. The Morgan fingerprint density at radius 1 is 1.06 bits per heavy atom. The highest BCUT2D eigenvalue weighted by Crippen LogP contribution is 2.38. The first-order chi connectivity index (χ1) is 16.2. The van der Waals surface area contributed by atoms with E-state index >= 15 is 0 Å². The van der Waals surface area contributed by atoms with Gasteiger partial charge >= 0.3 is 0 Å². The number of alkyl halides is 1. The van der Waals surface area contributed by atoms with Crippen molar-refractivity contribution in [3.05, 3.63) is 76.3 Å². The quantitative estimate of drug-likeness (QED) is 0.406. The largest absolute Gasteiger partial charge is 0.496 e. The normalized spacial score (nSPS) is 11.5. The zero-order chi connectivity index (χ0) is 24.5. The molecule has 0 amide bonds. The highest BCUT2D eigenvalue weighted by atomic mass is 32.2. The molecule has 0 saturated carbocycles. The van der Waals surface area contributed by atoms with Gasteiger partial charge in [-0.3, -0.25) is 18.9 Å². The summed E-state index contributed by atoms with van der Waals surface area (Å²) in [7, 11) is -1.86. The van der Waals surface area contributed by atoms with E-state index in [1.807, 2.05) is 12.1 Å². The molecule has 0 atom stereocenters. The van der Waals surface area contributed by atoms with Crippen LogP contribution in [0.25, 0.3) is 33.2 Å². The number of nitrogens with zero attached hydrogens (tertiary/aromatic N) is 1. The Morgan fingerprint density at radius 2 is 1.79 bits per heavy atom. The fraction of sp³-hybridized carbons (Fsp3) is 0.200. The van der Waals surface area contributed by atoms with Gasteiger partial charge in [-0.05, 0) is 54.4 Å². The van der Waals surface area contributed by atoms with E-state index in [1.54, 1.807) is 49.5 Å². The van der Waals surface area contributed by atoms with Gasteiger partial charge in [0.05, 0.1) is 25.6 Å². The number of ether oxygens (including phenoxy) is 1. The van der Waals surface area contributed by atoms with Gasteiger partial charge in [0.15, 0.2) is 0 Å². The number of fused-ring (bicyclic) bond motifs is 1. The van der Waals surface area contributed by atoms with Gasteiger partial charge in [0.2, 0.25) is 10.0 Å². The Labute approximate surface area is 196 Å². The predicted molar refractivity (Wildman–Crippen MR) is 133 cm³/mol. The van der Waals surface area contributed by atoms with E-state index in [2.05, 4.69) is 14.7 Å². The van der Waals surface area contributed by atoms with Crippen molar-refractivity contribution in [2.75, 3.05) is 24.8 Å². The molecule has 2 heterocycles. The average Bonchev–Trinajstić information content (AvgIpc) is 2.78. The van der Waals surface area contributed by atoms with Crippen LogP contribution in [0.4, 0.5) is 10.1 Å². The van der Waals surface area contributed by atoms with Gasteiger partial charge in [-0.15, -0.1) is 0 Å². The van der Waals surface area contributed by atoms with E-state index in [4.69, 9.17) is 4.74 Å². The minimum absolute atomic E-state index is 0.131. The van der Waals surface area contributed by atoms with E-state index < -0.39 is 16.7 Å². The van der Waals surface area contributed by atoms with E-state index in [-0.39, 0.29) is 12.0 Å². The maximum absolute atomic E-state index is 13.4. The van der Waals surface area contributed by atoms with Gasteiger partial charge in [0, 0.05) is 46.1 Å². The highest BCUT2D eigenvalue weighted by Gasteiger charge is 2.18. The average molecular weight is 482 g/mol. The summed E-state index contributed by atoms with van der Waals surface area (Å²) in [5.74, 6) is 0.504. The smallest absolute Gasteiger partial charge is 0.256 e. The van der Waals surface area contributed by atoms with Crippen molar-refractivity contribution in [1.29, 1.82) is 0 Å². The molecule has 2 aromatic heterocycles. The van der Waals surface area contributed by atoms with Crippen LogP contribution in [-0.4, -0.2) is 38.4 Å². The molecule has 9 heteroatoms. The molecule has 0 bridgehead atoms. The molecule has 0 aliphatic heterocycles. The van der Waals surface area contributed by atoms with Crippen LogP contribution >= 0.6 is 0 Å². The van der Waals surface area contributed by atoms with Gasteiger partial charge < -0.3 is 9.72 Å². The molecule has 4 rings (SSSR count). The molecule has 2 N–H and O–H groups in total. The van der Waals surface area contributed by atoms with Gasteiger partial charge in [0.1, 0.15) is 5.75 Å². The number of aromatic nitrogens is 2. The molecule has 176 valence electrons. The SMILES string of the molecule is COc1c(CCF)cc(-c2ccc(C)[nH]c2=O)c2ncc(-c3ccc(NS(C)(=O)=O)cc3)cc12. The maximum Gasteiger partial charge on any atom is 0.256 e. The highest BCUT2D eigenvalue weighted by molar-refractivity contribution is 7.92. The second-order valence-corrected chi connectivity index (χ2v) is 9.76. The molecule has 0 radical (unpaired) electrons. The molecule has 34 heavy (non-hydrogen) atoms. The number of hydrogen-bond acceptors (Lipinski definition) is 5. The van der Waals surface area contributed by atoms with Crippen molar-refractivity contribution in [2.24, 2.45) is 0 Å². The minimum atomic E-state index is -3.38. The number of benzene rings is 2. The third-order valence-electron chi connectivity index (χ3n) is 5.43. The predicted octanol–water partition coefficient (Wildman–Crippen LogP) is 4.46. The van der Waals surface area contributed by atoms with Crippen molar-refractivity contribution < 1.29 is 17.5 Å². The zero-order valence-electron chi connectivity index (χ0n) is 19.0. The Kier molecular flexibility index (Phi) is 6.39. The van der Waals surface area contributed by atoms with E-state index in [0.717, 1.165) is 23.1 Å². The molecule has 4 aromatic rings. The van der Waals surface area contributed by atoms with E-state index in [0.29, 0.717) is 39.0 Å². The summed E-state index contributed by atoms with van der Waals surface area (Å²) in [5, 5.41) is 0.652. The third kappa shape index (κ3) is 4.79. The lowest BCUT2D eigenvalue weighted by atomic mass is 9.95. The number of aromatic amines is 1. The molecule has 0 spiro atoms. The molecule has 2 aromatic carbocycles. The minimum Gasteiger partial charge on any atom is -0.496 e. The van der Waals surface area contributed by atoms with Gasteiger partial charge in [-0.25, -0.2) is 8.42 Å². The first-order valence-corrected chi connectivity index (χ1v) is 12.4. The van der Waals surface area contributed by atoms with Crippen molar-refractivity contribution in [3.8, 4) is 28.0 Å². The van der Waals surface area contributed by atoms with E-state index in [1.165, 1.54) is 7.11 Å². The number of halogens is 1. The lowest BCUT2D eigenvalue weighted by Gasteiger charge is -2.16. The van der Waals surface area contributed by atoms with Crippen LogP contribution in [0, 0.1) is 6.92 Å². The Morgan fingerprint density at radius 3 is 2.41 bits per heavy atom. The summed E-state index contributed by atoms with van der Waals surface area (Å²) in [5.41, 5.74) is 4.74. The summed E-state index contributed by atoms with van der Waals surface area (Å²) < 4.78 is 44.4. The van der Waals surface area contributed by atoms with Crippen LogP contribution in [0.1, 0.15) is 11.3 Å². The van der Waals surface area contributed by atoms with Gasteiger partial charge in [0.25, 0.3) is 5.56 Å². The molecule has 0 aliphatic carbocycles. The Hall–Kier alpha value is -3.72. The fourth-order valence-electron chi connectivity index (χ4n) is 3.95. The van der Waals surface area contributed by atoms with Crippen molar-refractivity contribution in [2.45, 2.75) is 13.3 Å². The molecule has 0 unspecified atom stereocenters. The van der Waals surface area contributed by atoms with Crippen molar-refractivity contribution >= 4 is 26.6 Å². The van der Waals surface area contributed by atoms with Crippen LogP contribution in [0.15, 0.2) is 59.5 Å². The van der Waals surface area contributed by atoms with Crippen LogP contribution in [0.3, 0.4) is 0 Å². The molecule has 0 fully saturated rings. The summed E-state index contributed by atoms with van der Waals surface area (Å²) in [6.45, 7) is 1.22. The van der Waals surface area contributed by atoms with Crippen LogP contribution in [-0.2, 0) is 16.4 Å². The number of hydrogen-bond donors (Lipinski definition) is 2. The summed E-state index contributed by atoms with van der Waals surface area (Å²) in [6, 6.07) is 14.1. The number of H-pyrrole nitrogens is 1. The van der Waals surface area contributed by atoms with Crippen LogP contribution < -0.4 is 15.0 Å². The first-order valence-electron chi connectivity index (χ1n) is 10.5. The van der Waals surface area contributed by atoms with E-state index in [9.17, 15) is 17.6 Å². The van der Waals surface area contributed by atoms with Gasteiger partial charge in [-0.1, -0.05) is 12.1 Å². The number of anilines is 1. The van der Waals surface area contributed by atoms with Crippen molar-refractivity contribution in [3.63, 3.8) is 0 Å². The second kappa shape index (κ2) is 9.26. The zero-order valence-corrected chi connectivity index (χ0v) is 19.8. The van der Waals surface area contributed by atoms with Crippen LogP contribution in [0.2, 0.25) is 0 Å². The number of pyridine rings is 2. The van der Waals surface area contributed by atoms with Gasteiger partial charge in [-0.2, -0.15) is 0 Å². The number of rotatable bonds is 7. The monoisotopic (exact) mass is 481 g/mol. The topological polar surface area (TPSA) is 101 Å². The fourth-order valence-corrected chi connectivity index (χ4v) is 4.52. The first kappa shape index (κ1) is 23.4. The number of sulfonamides is 1. The lowest BCUT2D eigenvalue weighted by molar-refractivity contribution is 0.409. The summed E-state index contributed by atoms with van der Waals surface area (Å²) in [4.78, 5) is 20.1. The number of nitrogens with one attached hydrogen (secondary N) is 2. The Bertz CT molecular complexity index is 1530. The Balaban J connectivity index is 1.91. The second-order valence-electron chi connectivity index (χ2n) is 8.01. The number of methoxy groups -OCH3 is 1. The third-order valence-corrected chi connectivity index (χ3v) is 6.04. The standard InChI is InChI=1S/C25H24FN3O4S/c1-15-4-9-20(25(30)28-15)21-12-17(10-11-26)24(33-2)22-13-18(14-27-23(21)22)16-5-7-19(8-6-16)29-34(3,31)32/h4-9,12-14,29H,10-11H2,1-3H3,(H,28,30). The molecular formula is C25H24FN3O4S. The number of aryl methyl sites for hydroxylation is 2. The molecule has 0 aliphatic rings. The molecular weight excluding hydrogens is 457 g/mol. The molecule has 0 saturated heterocycles. The molecule has 7 nitrogen and oxygen atoms in total. The lowest BCUT2D eigenvalue weighted by Crippen LogP contribution is -2.10. The van der Waals surface area contributed by atoms with Crippen molar-refractivity contribution in [1.82, 2.24) is 9.97 Å². The summed E-state index contributed by atoms with van der Waals surface area (Å²) in [6.07, 6.45) is 2.90. The van der Waals surface area contributed by atoms with Crippen LogP contribution in [0.5, 0.6) is 5.75 Å². The summed E-state index contributed by atoms with van der Waals surface area (Å²) >= 11 is 0.